The van der Waals surface area contributed by atoms with Crippen molar-refractivity contribution in [1.29, 1.82) is 0 Å². The molecule has 0 atom stereocenters. The lowest BCUT2D eigenvalue weighted by atomic mass is 10.4. The van der Waals surface area contributed by atoms with Crippen LogP contribution in [0, 0.1) is 5.21 Å². The number of nitrogens with one attached hydrogen (secondary N) is 1. The Labute approximate surface area is 94.2 Å². The summed E-state index contributed by atoms with van der Waals surface area (Å²) in [6, 6.07) is 2.50. The fourth-order valence-corrected chi connectivity index (χ4v) is 1.58. The quantitative estimate of drug-likeness (QED) is 0.363. The Hall–Kier alpha value is -1.34. The third kappa shape index (κ3) is 2.83. The van der Waals surface area contributed by atoms with Crippen LogP contribution < -0.4 is 4.72 Å². The molecule has 0 radical (unpaired) electrons. The van der Waals surface area contributed by atoms with E-state index in [-0.39, 0.29) is 16.9 Å². The van der Waals surface area contributed by atoms with Crippen molar-refractivity contribution in [2.75, 3.05) is 7.05 Å². The van der Waals surface area contributed by atoms with Crippen molar-refractivity contribution in [2.45, 2.75) is 25.0 Å². The van der Waals surface area contributed by atoms with Gasteiger partial charge < -0.3 is 9.62 Å². The summed E-state index contributed by atoms with van der Waals surface area (Å²) in [7, 11) is -2.30. The molecule has 0 aromatic carbocycles. The number of hydrogen-bond acceptors (Lipinski definition) is 4. The summed E-state index contributed by atoms with van der Waals surface area (Å²) < 4.78 is 30.5. The first-order chi connectivity index (χ1) is 7.36. The van der Waals surface area contributed by atoms with Gasteiger partial charge in [-0.3, -0.25) is 0 Å². The first kappa shape index (κ1) is 12.7. The molecule has 16 heavy (non-hydrogen) atoms. The summed E-state index contributed by atoms with van der Waals surface area (Å²) in [5, 5.41) is 11.1. The van der Waals surface area contributed by atoms with Gasteiger partial charge in [-0.15, -0.1) is 0 Å². The SMILES string of the molecule is CNS(=O)(=O)c1ccc(C=[N+]([O-])C(C)C)o1. The molecule has 7 heteroatoms. The van der Waals surface area contributed by atoms with Crippen LogP contribution in [-0.4, -0.2) is 32.5 Å². The Kier molecular flexibility index (Phi) is 3.71. The number of sulfonamides is 1. The van der Waals surface area contributed by atoms with Gasteiger partial charge in [-0.1, -0.05) is 0 Å². The van der Waals surface area contributed by atoms with E-state index in [1.54, 1.807) is 13.8 Å². The van der Waals surface area contributed by atoms with E-state index in [1.807, 2.05) is 0 Å². The standard InChI is InChI=1S/C9H14N2O4S/c1-7(2)11(12)6-8-4-5-9(15-8)16(13,14)10-3/h4-7,10H,1-3H3. The number of hydroxylamine groups is 1. The molecular formula is C9H14N2O4S. The van der Waals surface area contributed by atoms with Gasteiger partial charge in [0.05, 0.1) is 0 Å². The van der Waals surface area contributed by atoms with E-state index in [2.05, 4.69) is 4.72 Å². The molecule has 0 aliphatic rings. The zero-order chi connectivity index (χ0) is 12.3. The molecule has 1 aromatic rings. The summed E-state index contributed by atoms with van der Waals surface area (Å²) in [5.74, 6) is 0.206. The van der Waals surface area contributed by atoms with Gasteiger partial charge in [-0.25, -0.2) is 17.9 Å². The third-order valence-corrected chi connectivity index (χ3v) is 3.19. The van der Waals surface area contributed by atoms with Crippen LogP contribution in [0.15, 0.2) is 21.6 Å². The largest absolute Gasteiger partial charge is 0.624 e. The lowest BCUT2D eigenvalue weighted by molar-refractivity contribution is -0.487. The molecule has 6 nitrogen and oxygen atoms in total. The van der Waals surface area contributed by atoms with Crippen LogP contribution in [0.3, 0.4) is 0 Å². The van der Waals surface area contributed by atoms with Crippen molar-refractivity contribution in [3.05, 3.63) is 23.1 Å². The maximum Gasteiger partial charge on any atom is 0.273 e. The van der Waals surface area contributed by atoms with E-state index < -0.39 is 10.0 Å². The molecule has 0 spiro atoms. The number of hydrogen-bond donors (Lipinski definition) is 1. The van der Waals surface area contributed by atoms with Crippen molar-refractivity contribution in [2.24, 2.45) is 0 Å². The Bertz CT molecular complexity index is 487. The Morgan fingerprint density at radius 2 is 2.12 bits per heavy atom. The average molecular weight is 246 g/mol. The monoisotopic (exact) mass is 246 g/mol. The summed E-state index contributed by atoms with van der Waals surface area (Å²) in [6.07, 6.45) is 1.21. The maximum absolute atomic E-state index is 11.3. The van der Waals surface area contributed by atoms with Gasteiger partial charge in [0.1, 0.15) is 0 Å². The molecule has 1 aromatic heterocycles. The zero-order valence-corrected chi connectivity index (χ0v) is 10.1. The molecule has 0 saturated carbocycles. The molecule has 0 fully saturated rings. The van der Waals surface area contributed by atoms with Gasteiger partial charge in [-0.2, -0.15) is 0 Å². The van der Waals surface area contributed by atoms with Gasteiger partial charge in [-0.05, 0) is 33.0 Å². The maximum atomic E-state index is 11.3. The van der Waals surface area contributed by atoms with Crippen LogP contribution in [-0.2, 0) is 10.0 Å². The molecule has 0 amide bonds. The third-order valence-electron chi connectivity index (χ3n) is 1.90. The second-order valence-corrected chi connectivity index (χ2v) is 5.26. The summed E-state index contributed by atoms with van der Waals surface area (Å²) in [6.45, 7) is 3.44. The van der Waals surface area contributed by atoms with Crippen molar-refractivity contribution < 1.29 is 17.6 Å². The predicted molar refractivity (Wildman–Crippen MR) is 58.9 cm³/mol. The molecule has 1 N–H and O–H groups in total. The Morgan fingerprint density at radius 1 is 1.50 bits per heavy atom. The van der Waals surface area contributed by atoms with Crippen LogP contribution in [0.25, 0.3) is 0 Å². The fraction of sp³-hybridized carbons (Fsp3) is 0.444. The van der Waals surface area contributed by atoms with Crippen molar-refractivity contribution in [3.63, 3.8) is 0 Å². The second-order valence-electron chi connectivity index (χ2n) is 3.45. The first-order valence-electron chi connectivity index (χ1n) is 4.70. The summed E-state index contributed by atoms with van der Waals surface area (Å²) in [5.41, 5.74) is 0. The predicted octanol–water partition coefficient (Wildman–Crippen LogP) is 0.525. The summed E-state index contributed by atoms with van der Waals surface area (Å²) >= 11 is 0. The Morgan fingerprint density at radius 3 is 2.62 bits per heavy atom. The lowest BCUT2D eigenvalue weighted by Crippen LogP contribution is -2.17. The molecule has 90 valence electrons. The molecule has 1 rings (SSSR count). The minimum absolute atomic E-state index is 0.206. The van der Waals surface area contributed by atoms with Crippen molar-refractivity contribution in [1.82, 2.24) is 4.72 Å². The molecule has 0 aliphatic heterocycles. The van der Waals surface area contributed by atoms with Crippen LogP contribution in [0.2, 0.25) is 0 Å². The lowest BCUT2D eigenvalue weighted by Gasteiger charge is -2.05. The first-order valence-corrected chi connectivity index (χ1v) is 6.19. The van der Waals surface area contributed by atoms with E-state index in [0.717, 1.165) is 0 Å². The normalized spacial score (nSPS) is 13.4. The average Bonchev–Trinajstić information content (AvgIpc) is 2.66. The van der Waals surface area contributed by atoms with Crippen LogP contribution in [0.4, 0.5) is 0 Å². The van der Waals surface area contributed by atoms with Gasteiger partial charge in [0, 0.05) is 0 Å². The molecule has 0 saturated heterocycles. The fourth-order valence-electron chi connectivity index (χ4n) is 0.923. The van der Waals surface area contributed by atoms with Gasteiger partial charge in [0.15, 0.2) is 11.8 Å². The van der Waals surface area contributed by atoms with Crippen LogP contribution in [0.1, 0.15) is 19.6 Å². The van der Waals surface area contributed by atoms with E-state index in [1.165, 1.54) is 25.4 Å². The molecule has 0 aliphatic carbocycles. The van der Waals surface area contributed by atoms with Gasteiger partial charge >= 0.3 is 0 Å². The molecule has 1 heterocycles. The smallest absolute Gasteiger partial charge is 0.273 e. The minimum Gasteiger partial charge on any atom is -0.624 e. The highest BCUT2D eigenvalue weighted by Gasteiger charge is 2.16. The van der Waals surface area contributed by atoms with E-state index in [9.17, 15) is 13.6 Å². The Balaban J connectivity index is 3.01. The van der Waals surface area contributed by atoms with Gasteiger partial charge in [0.25, 0.3) is 10.0 Å². The van der Waals surface area contributed by atoms with Crippen LogP contribution in [0.5, 0.6) is 0 Å². The zero-order valence-electron chi connectivity index (χ0n) is 9.30. The topological polar surface area (TPSA) is 85.4 Å². The minimum atomic E-state index is -3.59. The highest BCUT2D eigenvalue weighted by Crippen LogP contribution is 2.11. The van der Waals surface area contributed by atoms with E-state index >= 15 is 0 Å². The number of nitrogens with zero attached hydrogens (tertiary/aromatic N) is 1. The van der Waals surface area contributed by atoms with E-state index in [4.69, 9.17) is 4.42 Å². The highest BCUT2D eigenvalue weighted by molar-refractivity contribution is 7.89. The van der Waals surface area contributed by atoms with E-state index in [0.29, 0.717) is 4.74 Å². The highest BCUT2D eigenvalue weighted by atomic mass is 32.2. The van der Waals surface area contributed by atoms with Crippen molar-refractivity contribution in [3.8, 4) is 0 Å². The number of rotatable bonds is 4. The summed E-state index contributed by atoms with van der Waals surface area (Å²) in [4.78, 5) is 0. The molecular weight excluding hydrogens is 232 g/mol. The second kappa shape index (κ2) is 4.67. The molecule has 0 bridgehead atoms. The van der Waals surface area contributed by atoms with Gasteiger partial charge in [0.2, 0.25) is 11.3 Å². The van der Waals surface area contributed by atoms with Crippen molar-refractivity contribution >= 4 is 16.2 Å². The molecule has 0 unspecified atom stereocenters. The number of furan rings is 1. The van der Waals surface area contributed by atoms with Crippen LogP contribution >= 0.6 is 0 Å².